The molecule has 0 amide bonds. The second-order valence-corrected chi connectivity index (χ2v) is 3.55. The Balaban J connectivity index is 2.49. The highest BCUT2D eigenvalue weighted by Crippen LogP contribution is 2.20. The first-order valence-electron chi connectivity index (χ1n) is 4.67. The topological polar surface area (TPSA) is 38.9 Å². The van der Waals surface area contributed by atoms with Crippen LogP contribution in [-0.4, -0.2) is 4.98 Å². The fourth-order valence-corrected chi connectivity index (χ4v) is 1.60. The second kappa shape index (κ2) is 4.32. The van der Waals surface area contributed by atoms with Gasteiger partial charge in [0.25, 0.3) is 0 Å². The number of benzene rings is 1. The summed E-state index contributed by atoms with van der Waals surface area (Å²) in [5, 5.41) is 0. The molecular weight excluding hydrogens is 208 g/mol. The summed E-state index contributed by atoms with van der Waals surface area (Å²) in [6, 6.07) is 13.7. The third-order valence-corrected chi connectivity index (χ3v) is 2.44. The summed E-state index contributed by atoms with van der Waals surface area (Å²) in [5.74, 6) is 0.957. The van der Waals surface area contributed by atoms with E-state index in [4.69, 9.17) is 17.3 Å². The van der Waals surface area contributed by atoms with Crippen LogP contribution in [0.3, 0.4) is 0 Å². The largest absolute Gasteiger partial charge is 0.384 e. The minimum absolute atomic E-state index is 0.451. The molecular formula is C12H11ClN2. The van der Waals surface area contributed by atoms with E-state index >= 15 is 0 Å². The van der Waals surface area contributed by atoms with Gasteiger partial charge in [0.2, 0.25) is 0 Å². The monoisotopic (exact) mass is 218 g/mol. The maximum atomic E-state index is 5.77. The normalized spacial score (nSPS) is 10.2. The van der Waals surface area contributed by atoms with E-state index in [9.17, 15) is 0 Å². The maximum Gasteiger partial charge on any atom is 0.124 e. The smallest absolute Gasteiger partial charge is 0.124 e. The molecule has 15 heavy (non-hydrogen) atoms. The molecule has 2 rings (SSSR count). The third kappa shape index (κ3) is 2.28. The Labute approximate surface area is 93.7 Å². The van der Waals surface area contributed by atoms with E-state index in [2.05, 4.69) is 4.98 Å². The molecule has 0 saturated heterocycles. The molecule has 0 fully saturated rings. The van der Waals surface area contributed by atoms with Crippen molar-refractivity contribution in [3.05, 3.63) is 48.0 Å². The van der Waals surface area contributed by atoms with Gasteiger partial charge >= 0.3 is 0 Å². The number of nitrogens with two attached hydrogens (primary N) is 1. The molecule has 0 aliphatic heterocycles. The molecule has 3 heteroatoms. The Kier molecular flexibility index (Phi) is 2.88. The van der Waals surface area contributed by atoms with Gasteiger partial charge in [-0.1, -0.05) is 30.3 Å². The number of alkyl halides is 1. The lowest BCUT2D eigenvalue weighted by molar-refractivity contribution is 1.28. The van der Waals surface area contributed by atoms with E-state index in [1.54, 1.807) is 6.07 Å². The first-order valence-corrected chi connectivity index (χ1v) is 5.21. The van der Waals surface area contributed by atoms with Crippen molar-refractivity contribution < 1.29 is 0 Å². The number of halogens is 1. The number of hydrogen-bond acceptors (Lipinski definition) is 2. The molecule has 1 aromatic carbocycles. The minimum atomic E-state index is 0.451. The SMILES string of the molecule is Nc1cc(CCl)cc(-c2ccccc2)n1. The molecule has 2 aromatic rings. The van der Waals surface area contributed by atoms with Crippen LogP contribution < -0.4 is 5.73 Å². The number of nitrogens with zero attached hydrogens (tertiary/aromatic N) is 1. The van der Waals surface area contributed by atoms with Gasteiger partial charge in [-0.2, -0.15) is 0 Å². The lowest BCUT2D eigenvalue weighted by atomic mass is 10.1. The van der Waals surface area contributed by atoms with Crippen molar-refractivity contribution in [2.75, 3.05) is 5.73 Å². The van der Waals surface area contributed by atoms with Crippen molar-refractivity contribution in [2.45, 2.75) is 5.88 Å². The van der Waals surface area contributed by atoms with Gasteiger partial charge < -0.3 is 5.73 Å². The van der Waals surface area contributed by atoms with Gasteiger partial charge in [-0.3, -0.25) is 0 Å². The van der Waals surface area contributed by atoms with Crippen LogP contribution in [0.25, 0.3) is 11.3 Å². The van der Waals surface area contributed by atoms with Gasteiger partial charge in [-0.05, 0) is 17.7 Å². The molecule has 0 aliphatic carbocycles. The maximum absolute atomic E-state index is 5.77. The summed E-state index contributed by atoms with van der Waals surface area (Å²) >= 11 is 5.77. The zero-order valence-electron chi connectivity index (χ0n) is 8.15. The molecule has 0 saturated carbocycles. The van der Waals surface area contributed by atoms with E-state index in [0.717, 1.165) is 16.8 Å². The Morgan fingerprint density at radius 1 is 1.13 bits per heavy atom. The molecule has 0 atom stereocenters. The minimum Gasteiger partial charge on any atom is -0.384 e. The highest BCUT2D eigenvalue weighted by molar-refractivity contribution is 6.17. The van der Waals surface area contributed by atoms with Crippen molar-refractivity contribution >= 4 is 17.4 Å². The van der Waals surface area contributed by atoms with Crippen molar-refractivity contribution in [3.63, 3.8) is 0 Å². The lowest BCUT2D eigenvalue weighted by Gasteiger charge is -2.04. The molecule has 2 N–H and O–H groups in total. The molecule has 0 radical (unpaired) electrons. The fourth-order valence-electron chi connectivity index (χ4n) is 1.44. The highest BCUT2D eigenvalue weighted by atomic mass is 35.5. The summed E-state index contributed by atoms with van der Waals surface area (Å²) in [6.45, 7) is 0. The van der Waals surface area contributed by atoms with Gasteiger partial charge in [0.05, 0.1) is 5.69 Å². The average Bonchev–Trinajstić information content (AvgIpc) is 2.29. The second-order valence-electron chi connectivity index (χ2n) is 3.29. The molecule has 0 unspecified atom stereocenters. The number of hydrogen-bond donors (Lipinski definition) is 1. The van der Waals surface area contributed by atoms with Gasteiger partial charge in [0.1, 0.15) is 5.82 Å². The number of nitrogen functional groups attached to an aromatic ring is 1. The van der Waals surface area contributed by atoms with Crippen LogP contribution >= 0.6 is 11.6 Å². The van der Waals surface area contributed by atoms with Crippen molar-refractivity contribution in [2.24, 2.45) is 0 Å². The van der Waals surface area contributed by atoms with E-state index in [-0.39, 0.29) is 0 Å². The van der Waals surface area contributed by atoms with Gasteiger partial charge in [0.15, 0.2) is 0 Å². The summed E-state index contributed by atoms with van der Waals surface area (Å²) in [5.41, 5.74) is 8.61. The molecule has 0 spiro atoms. The molecule has 1 heterocycles. The number of aromatic nitrogens is 1. The number of rotatable bonds is 2. The van der Waals surface area contributed by atoms with Crippen LogP contribution in [0.1, 0.15) is 5.56 Å². The Bertz CT molecular complexity index is 454. The summed E-state index contributed by atoms with van der Waals surface area (Å²) in [6.07, 6.45) is 0. The summed E-state index contributed by atoms with van der Waals surface area (Å²) < 4.78 is 0. The number of anilines is 1. The first-order chi connectivity index (χ1) is 7.29. The van der Waals surface area contributed by atoms with Crippen LogP contribution in [0.15, 0.2) is 42.5 Å². The third-order valence-electron chi connectivity index (χ3n) is 2.13. The molecule has 1 aromatic heterocycles. The standard InChI is InChI=1S/C12H11ClN2/c13-8-9-6-11(15-12(14)7-9)10-4-2-1-3-5-10/h1-7H,8H2,(H2,14,15). The van der Waals surface area contributed by atoms with Crippen LogP contribution in [0.4, 0.5) is 5.82 Å². The van der Waals surface area contributed by atoms with E-state index in [1.165, 1.54) is 0 Å². The first kappa shape index (κ1) is 9.99. The zero-order valence-corrected chi connectivity index (χ0v) is 8.91. The molecule has 0 bridgehead atoms. The van der Waals surface area contributed by atoms with Crippen LogP contribution in [0.5, 0.6) is 0 Å². The zero-order chi connectivity index (χ0) is 10.7. The Morgan fingerprint density at radius 2 is 1.87 bits per heavy atom. The summed E-state index contributed by atoms with van der Waals surface area (Å²) in [4.78, 5) is 4.27. The van der Waals surface area contributed by atoms with Crippen LogP contribution in [0, 0.1) is 0 Å². The molecule has 2 nitrogen and oxygen atoms in total. The van der Waals surface area contributed by atoms with E-state index in [1.807, 2.05) is 36.4 Å². The van der Waals surface area contributed by atoms with Gasteiger partial charge in [-0.25, -0.2) is 4.98 Å². The van der Waals surface area contributed by atoms with Crippen molar-refractivity contribution in [1.29, 1.82) is 0 Å². The quantitative estimate of drug-likeness (QED) is 0.787. The number of pyridine rings is 1. The van der Waals surface area contributed by atoms with Crippen molar-refractivity contribution in [3.8, 4) is 11.3 Å². The van der Waals surface area contributed by atoms with Crippen LogP contribution in [-0.2, 0) is 5.88 Å². The average molecular weight is 219 g/mol. The van der Waals surface area contributed by atoms with Gasteiger partial charge in [-0.15, -0.1) is 11.6 Å². The summed E-state index contributed by atoms with van der Waals surface area (Å²) in [7, 11) is 0. The van der Waals surface area contributed by atoms with Crippen LogP contribution in [0.2, 0.25) is 0 Å². The Hall–Kier alpha value is -1.54. The fraction of sp³-hybridized carbons (Fsp3) is 0.0833. The van der Waals surface area contributed by atoms with E-state index in [0.29, 0.717) is 11.7 Å². The Morgan fingerprint density at radius 3 is 2.53 bits per heavy atom. The molecule has 0 aliphatic rings. The van der Waals surface area contributed by atoms with Gasteiger partial charge in [0, 0.05) is 11.4 Å². The van der Waals surface area contributed by atoms with Crippen molar-refractivity contribution in [1.82, 2.24) is 4.98 Å². The lowest BCUT2D eigenvalue weighted by Crippen LogP contribution is -1.94. The molecule has 76 valence electrons. The highest BCUT2D eigenvalue weighted by Gasteiger charge is 2.01. The van der Waals surface area contributed by atoms with E-state index < -0.39 is 0 Å². The predicted octanol–water partition coefficient (Wildman–Crippen LogP) is 3.07. The predicted molar refractivity (Wildman–Crippen MR) is 63.6 cm³/mol.